The fourth-order valence-corrected chi connectivity index (χ4v) is 1.19. The number of rotatable bonds is 1. The molecule has 1 rings (SSSR count). The molecule has 0 saturated heterocycles. The van der Waals surface area contributed by atoms with Crippen LogP contribution in [0.4, 0.5) is 0 Å². The highest BCUT2D eigenvalue weighted by Crippen LogP contribution is 2.05. The van der Waals surface area contributed by atoms with Crippen molar-refractivity contribution in [2.75, 3.05) is 6.54 Å². The number of thiazole rings is 1. The molecule has 0 atom stereocenters. The Morgan fingerprint density at radius 1 is 1.73 bits per heavy atom. The van der Waals surface area contributed by atoms with Crippen molar-refractivity contribution in [3.05, 3.63) is 16.1 Å². The van der Waals surface area contributed by atoms with Crippen LogP contribution in [0.15, 0.2) is 5.38 Å². The van der Waals surface area contributed by atoms with Crippen molar-refractivity contribution >= 4 is 11.3 Å². The number of hydrogen-bond acceptors (Lipinski definition) is 3. The molecular formula is C8H10N2S. The smallest absolute Gasteiger partial charge is 0.124 e. The summed E-state index contributed by atoms with van der Waals surface area (Å²) in [4.78, 5) is 4.19. The van der Waals surface area contributed by atoms with Gasteiger partial charge < -0.3 is 5.73 Å². The van der Waals surface area contributed by atoms with E-state index in [1.54, 1.807) is 11.3 Å². The van der Waals surface area contributed by atoms with E-state index in [0.717, 1.165) is 17.1 Å². The first-order valence-corrected chi connectivity index (χ1v) is 4.32. The van der Waals surface area contributed by atoms with Crippen LogP contribution < -0.4 is 5.73 Å². The average molecular weight is 166 g/mol. The molecule has 0 fully saturated rings. The van der Waals surface area contributed by atoms with Crippen molar-refractivity contribution in [1.82, 2.24) is 4.98 Å². The van der Waals surface area contributed by atoms with Gasteiger partial charge in [-0.25, -0.2) is 4.98 Å². The molecule has 1 aromatic heterocycles. The van der Waals surface area contributed by atoms with E-state index in [-0.39, 0.29) is 0 Å². The van der Waals surface area contributed by atoms with E-state index in [4.69, 9.17) is 5.73 Å². The Morgan fingerprint density at radius 3 is 3.09 bits per heavy atom. The molecular weight excluding hydrogens is 156 g/mol. The molecule has 2 nitrogen and oxygen atoms in total. The summed E-state index contributed by atoms with van der Waals surface area (Å²) in [6.07, 6.45) is 0.747. The van der Waals surface area contributed by atoms with E-state index in [2.05, 4.69) is 16.8 Å². The molecule has 1 aromatic rings. The van der Waals surface area contributed by atoms with Gasteiger partial charge in [0.15, 0.2) is 0 Å². The lowest BCUT2D eigenvalue weighted by molar-refractivity contribution is 1.03. The molecule has 58 valence electrons. The van der Waals surface area contributed by atoms with Crippen LogP contribution >= 0.6 is 11.3 Å². The van der Waals surface area contributed by atoms with Crippen LogP contribution in [0.5, 0.6) is 0 Å². The maximum Gasteiger partial charge on any atom is 0.124 e. The third kappa shape index (κ3) is 2.71. The van der Waals surface area contributed by atoms with Crippen molar-refractivity contribution in [2.24, 2.45) is 5.73 Å². The minimum Gasteiger partial charge on any atom is -0.330 e. The predicted molar refractivity (Wildman–Crippen MR) is 47.4 cm³/mol. The highest BCUT2D eigenvalue weighted by Gasteiger charge is 1.90. The molecule has 0 bridgehead atoms. The molecule has 0 aliphatic heterocycles. The fraction of sp³-hybridized carbons (Fsp3) is 0.375. The number of nitrogens with zero attached hydrogens (tertiary/aromatic N) is 1. The van der Waals surface area contributed by atoms with Crippen LogP contribution in [-0.4, -0.2) is 11.5 Å². The normalized spacial score (nSPS) is 8.91. The Kier molecular flexibility index (Phi) is 3.09. The Labute approximate surface area is 70.5 Å². The molecule has 0 saturated carbocycles. The monoisotopic (exact) mass is 166 g/mol. The average Bonchev–Trinajstić information content (AvgIpc) is 2.37. The zero-order chi connectivity index (χ0) is 8.10. The number of aryl methyl sites for hydroxylation is 1. The Morgan fingerprint density at radius 2 is 2.55 bits per heavy atom. The molecule has 0 unspecified atom stereocenters. The summed E-state index contributed by atoms with van der Waals surface area (Å²) in [6.45, 7) is 2.59. The van der Waals surface area contributed by atoms with Crippen LogP contribution in [0.1, 0.15) is 17.1 Å². The van der Waals surface area contributed by atoms with Gasteiger partial charge >= 0.3 is 0 Å². The highest BCUT2D eigenvalue weighted by molar-refractivity contribution is 7.09. The first-order valence-electron chi connectivity index (χ1n) is 3.44. The second-order valence-electron chi connectivity index (χ2n) is 2.09. The lowest BCUT2D eigenvalue weighted by Crippen LogP contribution is -1.95. The summed E-state index contributed by atoms with van der Waals surface area (Å²) in [5.74, 6) is 5.87. The highest BCUT2D eigenvalue weighted by atomic mass is 32.1. The largest absolute Gasteiger partial charge is 0.330 e. The van der Waals surface area contributed by atoms with E-state index < -0.39 is 0 Å². The Hall–Kier alpha value is -0.850. The van der Waals surface area contributed by atoms with Gasteiger partial charge in [-0.2, -0.15) is 0 Å². The lowest BCUT2D eigenvalue weighted by Gasteiger charge is -1.78. The first kappa shape index (κ1) is 8.25. The zero-order valence-electron chi connectivity index (χ0n) is 6.42. The van der Waals surface area contributed by atoms with Crippen LogP contribution in [0.2, 0.25) is 0 Å². The summed E-state index contributed by atoms with van der Waals surface area (Å²) in [6, 6.07) is 0. The number of aromatic nitrogens is 1. The first-order chi connectivity index (χ1) is 5.33. The molecule has 0 aliphatic carbocycles. The topological polar surface area (TPSA) is 38.9 Å². The van der Waals surface area contributed by atoms with Gasteiger partial charge in [-0.15, -0.1) is 11.3 Å². The van der Waals surface area contributed by atoms with Crippen molar-refractivity contribution in [2.45, 2.75) is 13.3 Å². The quantitative estimate of drug-likeness (QED) is 0.636. The van der Waals surface area contributed by atoms with Crippen LogP contribution in [0.25, 0.3) is 0 Å². The van der Waals surface area contributed by atoms with Crippen molar-refractivity contribution in [3.8, 4) is 11.8 Å². The van der Waals surface area contributed by atoms with Gasteiger partial charge in [0.25, 0.3) is 0 Å². The fourth-order valence-electron chi connectivity index (χ4n) is 0.646. The van der Waals surface area contributed by atoms with Crippen molar-refractivity contribution in [3.63, 3.8) is 0 Å². The Bertz CT molecular complexity index is 280. The van der Waals surface area contributed by atoms with Crippen LogP contribution in [-0.2, 0) is 0 Å². The molecule has 0 amide bonds. The van der Waals surface area contributed by atoms with Gasteiger partial charge in [0.2, 0.25) is 0 Å². The van der Waals surface area contributed by atoms with Crippen molar-refractivity contribution in [1.29, 1.82) is 0 Å². The van der Waals surface area contributed by atoms with E-state index in [9.17, 15) is 0 Å². The molecule has 0 spiro atoms. The summed E-state index contributed by atoms with van der Waals surface area (Å²) >= 11 is 1.62. The maximum absolute atomic E-state index is 5.28. The van der Waals surface area contributed by atoms with Gasteiger partial charge in [-0.05, 0) is 12.8 Å². The standard InChI is InChI=1S/C8H10N2S/c1-7-10-8(6-11-7)4-2-3-5-9/h6H,3,5,9H2,1H3. The Balaban J connectivity index is 2.59. The van der Waals surface area contributed by atoms with Gasteiger partial charge in [-0.3, -0.25) is 0 Å². The summed E-state index contributed by atoms with van der Waals surface area (Å²) < 4.78 is 0. The summed E-state index contributed by atoms with van der Waals surface area (Å²) in [5, 5.41) is 3.01. The molecule has 2 N–H and O–H groups in total. The minimum absolute atomic E-state index is 0.621. The van der Waals surface area contributed by atoms with E-state index in [0.29, 0.717) is 6.54 Å². The molecule has 0 aromatic carbocycles. The van der Waals surface area contributed by atoms with E-state index >= 15 is 0 Å². The maximum atomic E-state index is 5.28. The third-order valence-corrected chi connectivity index (χ3v) is 1.88. The third-order valence-electron chi connectivity index (χ3n) is 1.10. The van der Waals surface area contributed by atoms with Crippen molar-refractivity contribution < 1.29 is 0 Å². The van der Waals surface area contributed by atoms with Crippen LogP contribution in [0, 0.1) is 18.8 Å². The lowest BCUT2D eigenvalue weighted by atomic mass is 10.4. The second-order valence-corrected chi connectivity index (χ2v) is 3.15. The number of hydrogen-bond donors (Lipinski definition) is 1. The molecule has 3 heteroatoms. The zero-order valence-corrected chi connectivity index (χ0v) is 7.24. The van der Waals surface area contributed by atoms with E-state index in [1.165, 1.54) is 0 Å². The van der Waals surface area contributed by atoms with Gasteiger partial charge in [-0.1, -0.05) is 5.92 Å². The minimum atomic E-state index is 0.621. The van der Waals surface area contributed by atoms with Gasteiger partial charge in [0, 0.05) is 18.3 Å². The SMILES string of the molecule is Cc1nc(C#CCCN)cs1. The van der Waals surface area contributed by atoms with Gasteiger partial charge in [0.1, 0.15) is 5.69 Å². The summed E-state index contributed by atoms with van der Waals surface area (Å²) in [7, 11) is 0. The number of nitrogens with two attached hydrogens (primary N) is 1. The predicted octanol–water partition coefficient (Wildman–Crippen LogP) is 1.15. The van der Waals surface area contributed by atoms with Crippen LogP contribution in [0.3, 0.4) is 0 Å². The van der Waals surface area contributed by atoms with Gasteiger partial charge in [0.05, 0.1) is 5.01 Å². The molecule has 0 aliphatic rings. The molecule has 0 radical (unpaired) electrons. The molecule has 1 heterocycles. The van der Waals surface area contributed by atoms with E-state index in [1.807, 2.05) is 12.3 Å². The molecule has 11 heavy (non-hydrogen) atoms. The second kappa shape index (κ2) is 4.12. The summed E-state index contributed by atoms with van der Waals surface area (Å²) in [5.41, 5.74) is 6.14.